The van der Waals surface area contributed by atoms with E-state index in [1.54, 1.807) is 4.90 Å². The van der Waals surface area contributed by atoms with E-state index < -0.39 is 11.9 Å². The Kier molecular flexibility index (Phi) is 4.93. The van der Waals surface area contributed by atoms with E-state index in [0.29, 0.717) is 18.0 Å². The maximum Gasteiger partial charge on any atom is 0.308 e. The average molecular weight is 343 g/mol. The summed E-state index contributed by atoms with van der Waals surface area (Å²) in [7, 11) is 0. The lowest BCUT2D eigenvalue weighted by atomic mass is 9.92. The first kappa shape index (κ1) is 17.6. The van der Waals surface area contributed by atoms with Gasteiger partial charge in [-0.2, -0.15) is 0 Å². The van der Waals surface area contributed by atoms with Crippen LogP contribution in [0.4, 0.5) is 0 Å². The van der Waals surface area contributed by atoms with Crippen molar-refractivity contribution < 1.29 is 19.5 Å². The number of carboxylic acids is 1. The largest absolute Gasteiger partial charge is 0.481 e. The molecule has 134 valence electrons. The van der Waals surface area contributed by atoms with Crippen LogP contribution in [0.1, 0.15) is 47.2 Å². The van der Waals surface area contributed by atoms with Crippen LogP contribution in [0.25, 0.3) is 0 Å². The summed E-state index contributed by atoms with van der Waals surface area (Å²) in [5, 5.41) is 9.39. The number of nitrogens with zero attached hydrogens (tertiary/aromatic N) is 1. The van der Waals surface area contributed by atoms with Crippen molar-refractivity contribution in [3.05, 3.63) is 34.9 Å². The number of Topliss-reactive ketones (excluding diaryl/α,β-unsaturated/α-hetero) is 1. The molecule has 1 amide bonds. The van der Waals surface area contributed by atoms with Crippen molar-refractivity contribution in [1.82, 2.24) is 4.90 Å². The molecule has 0 bridgehead atoms. The number of ketones is 1. The zero-order chi connectivity index (χ0) is 18.1. The van der Waals surface area contributed by atoms with Gasteiger partial charge in [-0.25, -0.2) is 0 Å². The highest BCUT2D eigenvalue weighted by Crippen LogP contribution is 2.44. The molecule has 1 aromatic rings. The van der Waals surface area contributed by atoms with Gasteiger partial charge >= 0.3 is 5.97 Å². The molecule has 1 heterocycles. The van der Waals surface area contributed by atoms with Crippen LogP contribution >= 0.6 is 0 Å². The van der Waals surface area contributed by atoms with Gasteiger partial charge in [0.15, 0.2) is 5.78 Å². The first-order valence-corrected chi connectivity index (χ1v) is 8.98. The van der Waals surface area contributed by atoms with Crippen LogP contribution in [0.3, 0.4) is 0 Å². The second kappa shape index (κ2) is 6.98. The van der Waals surface area contributed by atoms with Crippen molar-refractivity contribution in [3.63, 3.8) is 0 Å². The van der Waals surface area contributed by atoms with Crippen LogP contribution in [0.2, 0.25) is 0 Å². The third kappa shape index (κ3) is 3.91. The van der Waals surface area contributed by atoms with Crippen molar-refractivity contribution in [1.29, 1.82) is 0 Å². The highest BCUT2D eigenvalue weighted by Gasteiger charge is 2.46. The Hall–Kier alpha value is -2.17. The summed E-state index contributed by atoms with van der Waals surface area (Å²) in [6.45, 7) is 4.65. The van der Waals surface area contributed by atoms with E-state index in [1.807, 2.05) is 32.0 Å². The fraction of sp³-hybridized carbons (Fsp3) is 0.550. The lowest BCUT2D eigenvalue weighted by molar-refractivity contribution is -0.142. The molecule has 0 unspecified atom stereocenters. The summed E-state index contributed by atoms with van der Waals surface area (Å²) in [6.07, 6.45) is 2.46. The zero-order valence-electron chi connectivity index (χ0n) is 14.8. The SMILES string of the molecule is Cc1ccc(C)c(C(=O)CCC(=O)N2C[C@H](C(=O)O)[C@@H](C3CC3)C2)c1. The zero-order valence-corrected chi connectivity index (χ0v) is 14.8. The summed E-state index contributed by atoms with van der Waals surface area (Å²) < 4.78 is 0. The second-order valence-electron chi connectivity index (χ2n) is 7.49. The van der Waals surface area contributed by atoms with Crippen LogP contribution in [-0.4, -0.2) is 40.8 Å². The van der Waals surface area contributed by atoms with Gasteiger partial charge in [0.1, 0.15) is 0 Å². The summed E-state index contributed by atoms with van der Waals surface area (Å²) in [5.41, 5.74) is 2.62. The number of amides is 1. The smallest absolute Gasteiger partial charge is 0.308 e. The highest BCUT2D eigenvalue weighted by molar-refractivity contribution is 5.99. The number of hydrogen-bond donors (Lipinski definition) is 1. The van der Waals surface area contributed by atoms with E-state index >= 15 is 0 Å². The normalized spacial score (nSPS) is 22.9. The molecule has 0 radical (unpaired) electrons. The molecule has 5 nitrogen and oxygen atoms in total. The Labute approximate surface area is 148 Å². The van der Waals surface area contributed by atoms with E-state index in [2.05, 4.69) is 0 Å². The quantitative estimate of drug-likeness (QED) is 0.806. The van der Waals surface area contributed by atoms with E-state index in [9.17, 15) is 19.5 Å². The summed E-state index contributed by atoms with van der Waals surface area (Å²) >= 11 is 0. The minimum Gasteiger partial charge on any atom is -0.481 e. The first-order chi connectivity index (χ1) is 11.9. The third-order valence-corrected chi connectivity index (χ3v) is 5.52. The second-order valence-corrected chi connectivity index (χ2v) is 7.49. The standard InChI is InChI=1S/C20H25NO4/c1-12-3-4-13(2)15(9-12)18(22)7-8-19(23)21-10-16(14-5-6-14)17(11-21)20(24)25/h3-4,9,14,16-17H,5-8,10-11H2,1-2H3,(H,24,25)/t16-,17+/m1/s1. The minimum absolute atomic E-state index is 0.0257. The summed E-state index contributed by atoms with van der Waals surface area (Å²) in [6, 6.07) is 5.75. The predicted octanol–water partition coefficient (Wildman–Crippen LogP) is 2.84. The molecular weight excluding hydrogens is 318 g/mol. The third-order valence-electron chi connectivity index (χ3n) is 5.52. The minimum atomic E-state index is -0.807. The fourth-order valence-corrected chi connectivity index (χ4v) is 3.85. The number of benzene rings is 1. The van der Waals surface area contributed by atoms with Crippen LogP contribution < -0.4 is 0 Å². The van der Waals surface area contributed by atoms with Gasteiger partial charge in [0.05, 0.1) is 5.92 Å². The van der Waals surface area contributed by atoms with Gasteiger partial charge in [0.2, 0.25) is 5.91 Å². The number of hydrogen-bond acceptors (Lipinski definition) is 3. The van der Waals surface area contributed by atoms with Gasteiger partial charge in [0.25, 0.3) is 0 Å². The molecule has 1 N–H and O–H groups in total. The molecule has 25 heavy (non-hydrogen) atoms. The van der Waals surface area contributed by atoms with Crippen molar-refractivity contribution >= 4 is 17.7 Å². The highest BCUT2D eigenvalue weighted by atomic mass is 16.4. The average Bonchev–Trinajstić information content (AvgIpc) is 3.32. The van der Waals surface area contributed by atoms with Crippen molar-refractivity contribution in [3.8, 4) is 0 Å². The van der Waals surface area contributed by atoms with Crippen molar-refractivity contribution in [2.75, 3.05) is 13.1 Å². The molecular formula is C20H25NO4. The summed E-state index contributed by atoms with van der Waals surface area (Å²) in [4.78, 5) is 38.0. The van der Waals surface area contributed by atoms with E-state index in [-0.39, 0.29) is 37.0 Å². The number of carbonyl (C=O) groups is 3. The van der Waals surface area contributed by atoms with Gasteiger partial charge < -0.3 is 10.0 Å². The molecule has 1 aromatic carbocycles. The molecule has 2 atom stereocenters. The molecule has 1 saturated carbocycles. The summed E-state index contributed by atoms with van der Waals surface area (Å²) in [5.74, 6) is -0.855. The lowest BCUT2D eigenvalue weighted by Gasteiger charge is -2.16. The van der Waals surface area contributed by atoms with Gasteiger partial charge in [-0.15, -0.1) is 0 Å². The fourth-order valence-electron chi connectivity index (χ4n) is 3.85. The number of aliphatic carboxylic acids is 1. The van der Waals surface area contributed by atoms with E-state index in [1.165, 1.54) is 0 Å². The van der Waals surface area contributed by atoms with Gasteiger partial charge in [0, 0.05) is 31.5 Å². The maximum absolute atomic E-state index is 12.5. The van der Waals surface area contributed by atoms with Crippen molar-refractivity contribution in [2.45, 2.75) is 39.5 Å². The van der Waals surface area contributed by atoms with Gasteiger partial charge in [-0.3, -0.25) is 14.4 Å². The molecule has 1 saturated heterocycles. The van der Waals surface area contributed by atoms with Gasteiger partial charge in [-0.05, 0) is 50.2 Å². The molecule has 2 fully saturated rings. The van der Waals surface area contributed by atoms with Crippen LogP contribution in [-0.2, 0) is 9.59 Å². The molecule has 5 heteroatoms. The predicted molar refractivity (Wildman–Crippen MR) is 93.4 cm³/mol. The maximum atomic E-state index is 12.5. The molecule has 1 aliphatic carbocycles. The molecule has 0 spiro atoms. The Morgan fingerprint density at radius 2 is 1.84 bits per heavy atom. The molecule has 0 aromatic heterocycles. The number of rotatable bonds is 6. The number of carboxylic acid groups (broad SMARTS) is 1. The monoisotopic (exact) mass is 343 g/mol. The lowest BCUT2D eigenvalue weighted by Crippen LogP contribution is -2.30. The van der Waals surface area contributed by atoms with E-state index in [4.69, 9.17) is 0 Å². The Morgan fingerprint density at radius 3 is 2.48 bits per heavy atom. The Balaban J connectivity index is 1.58. The molecule has 2 aliphatic rings. The topological polar surface area (TPSA) is 74.7 Å². The van der Waals surface area contributed by atoms with Crippen molar-refractivity contribution in [2.24, 2.45) is 17.8 Å². The van der Waals surface area contributed by atoms with Crippen LogP contribution in [0.15, 0.2) is 18.2 Å². The molecule has 3 rings (SSSR count). The van der Waals surface area contributed by atoms with Crippen LogP contribution in [0, 0.1) is 31.6 Å². The Bertz CT molecular complexity index is 708. The Morgan fingerprint density at radius 1 is 1.12 bits per heavy atom. The van der Waals surface area contributed by atoms with Crippen LogP contribution in [0.5, 0.6) is 0 Å². The first-order valence-electron chi connectivity index (χ1n) is 8.98. The molecule has 1 aliphatic heterocycles. The van der Waals surface area contributed by atoms with Gasteiger partial charge in [-0.1, -0.05) is 17.7 Å². The van der Waals surface area contributed by atoms with E-state index in [0.717, 1.165) is 24.0 Å². The number of likely N-dealkylation sites (tertiary alicyclic amines) is 1. The number of carbonyl (C=O) groups excluding carboxylic acids is 2. The number of aryl methyl sites for hydroxylation is 2.